The molecule has 0 saturated carbocycles. The molecule has 0 unspecified atom stereocenters. The standard InChI is InChI=1S/C12H21N3O2/c16-12(8-17-10-5-14-6-10)15-3-1-2-9-4-13-7-11(9)15/h9-11,13-14H,1-8H2/t9-,11+/m0/s1. The second-order valence-electron chi connectivity index (χ2n) is 5.31. The van der Waals surface area contributed by atoms with Crippen LogP contribution in [0, 0.1) is 5.92 Å². The van der Waals surface area contributed by atoms with Crippen LogP contribution in [0.3, 0.4) is 0 Å². The lowest BCUT2D eigenvalue weighted by atomic mass is 9.92. The summed E-state index contributed by atoms with van der Waals surface area (Å²) in [6.07, 6.45) is 2.65. The lowest BCUT2D eigenvalue weighted by molar-refractivity contribution is -0.143. The molecule has 3 saturated heterocycles. The second kappa shape index (κ2) is 4.92. The molecule has 2 atom stereocenters. The molecule has 2 N–H and O–H groups in total. The molecule has 0 aromatic heterocycles. The Bertz CT molecular complexity index is 293. The third-order valence-corrected chi connectivity index (χ3v) is 4.19. The first kappa shape index (κ1) is 11.4. The van der Waals surface area contributed by atoms with Crippen LogP contribution in [0.5, 0.6) is 0 Å². The van der Waals surface area contributed by atoms with Gasteiger partial charge < -0.3 is 20.3 Å². The van der Waals surface area contributed by atoms with Crippen molar-refractivity contribution in [1.82, 2.24) is 15.5 Å². The van der Waals surface area contributed by atoms with Crippen molar-refractivity contribution < 1.29 is 9.53 Å². The molecule has 0 radical (unpaired) electrons. The number of piperidine rings is 1. The highest BCUT2D eigenvalue weighted by molar-refractivity contribution is 5.78. The van der Waals surface area contributed by atoms with Gasteiger partial charge in [-0.15, -0.1) is 0 Å². The van der Waals surface area contributed by atoms with Gasteiger partial charge in [0.2, 0.25) is 5.91 Å². The number of carbonyl (C=O) groups is 1. The van der Waals surface area contributed by atoms with E-state index in [1.807, 2.05) is 4.90 Å². The van der Waals surface area contributed by atoms with E-state index in [0.29, 0.717) is 12.0 Å². The average molecular weight is 239 g/mol. The minimum atomic E-state index is 0.176. The van der Waals surface area contributed by atoms with Gasteiger partial charge >= 0.3 is 0 Å². The number of likely N-dealkylation sites (tertiary alicyclic amines) is 1. The molecule has 0 aromatic carbocycles. The number of amides is 1. The maximum absolute atomic E-state index is 12.1. The Morgan fingerprint density at radius 1 is 1.24 bits per heavy atom. The largest absolute Gasteiger partial charge is 0.366 e. The van der Waals surface area contributed by atoms with E-state index < -0.39 is 0 Å². The predicted octanol–water partition coefficient (Wildman–Crippen LogP) is -0.815. The molecule has 1 amide bonds. The normalized spacial score (nSPS) is 33.3. The van der Waals surface area contributed by atoms with Gasteiger partial charge in [-0.25, -0.2) is 0 Å². The van der Waals surface area contributed by atoms with Crippen molar-refractivity contribution in [2.24, 2.45) is 5.92 Å². The van der Waals surface area contributed by atoms with E-state index >= 15 is 0 Å². The van der Waals surface area contributed by atoms with Gasteiger partial charge in [0, 0.05) is 38.8 Å². The Labute approximate surface area is 102 Å². The molecule has 96 valence electrons. The first-order chi connectivity index (χ1) is 8.34. The fraction of sp³-hybridized carbons (Fsp3) is 0.917. The number of ether oxygens (including phenoxy) is 1. The van der Waals surface area contributed by atoms with Gasteiger partial charge in [0.15, 0.2) is 0 Å². The Morgan fingerprint density at radius 2 is 2.06 bits per heavy atom. The van der Waals surface area contributed by atoms with Gasteiger partial charge in [0.05, 0.1) is 6.10 Å². The first-order valence-electron chi connectivity index (χ1n) is 6.67. The van der Waals surface area contributed by atoms with Gasteiger partial charge in [-0.1, -0.05) is 0 Å². The highest BCUT2D eigenvalue weighted by Crippen LogP contribution is 2.26. The second-order valence-corrected chi connectivity index (χ2v) is 5.31. The van der Waals surface area contributed by atoms with Crippen molar-refractivity contribution in [2.75, 3.05) is 39.3 Å². The highest BCUT2D eigenvalue weighted by Gasteiger charge is 2.37. The van der Waals surface area contributed by atoms with E-state index in [9.17, 15) is 4.79 Å². The van der Waals surface area contributed by atoms with Gasteiger partial charge in [-0.3, -0.25) is 4.79 Å². The number of fused-ring (bicyclic) bond motifs is 1. The SMILES string of the molecule is O=C(COC1CNC1)N1CCC[C@H]2CNC[C@H]21. The zero-order chi connectivity index (χ0) is 11.7. The number of rotatable bonds is 3. The van der Waals surface area contributed by atoms with Gasteiger partial charge in [-0.2, -0.15) is 0 Å². The molecular formula is C12H21N3O2. The van der Waals surface area contributed by atoms with Crippen molar-refractivity contribution >= 4 is 5.91 Å². The van der Waals surface area contributed by atoms with Crippen LogP contribution in [0.4, 0.5) is 0 Å². The molecule has 0 aliphatic carbocycles. The Hall–Kier alpha value is -0.650. The summed E-state index contributed by atoms with van der Waals surface area (Å²) in [5, 5.41) is 6.53. The van der Waals surface area contributed by atoms with Crippen molar-refractivity contribution in [3.05, 3.63) is 0 Å². The molecule has 5 nitrogen and oxygen atoms in total. The number of carbonyl (C=O) groups excluding carboxylic acids is 1. The van der Waals surface area contributed by atoms with Crippen molar-refractivity contribution in [1.29, 1.82) is 0 Å². The highest BCUT2D eigenvalue weighted by atomic mass is 16.5. The summed E-state index contributed by atoms with van der Waals surface area (Å²) in [5.74, 6) is 0.841. The Morgan fingerprint density at radius 3 is 2.82 bits per heavy atom. The lowest BCUT2D eigenvalue weighted by Crippen LogP contribution is -2.52. The summed E-state index contributed by atoms with van der Waals surface area (Å²) in [5.41, 5.74) is 0. The molecular weight excluding hydrogens is 218 g/mol. The molecule has 3 aliphatic rings. The maximum Gasteiger partial charge on any atom is 0.248 e. The fourth-order valence-electron chi connectivity index (χ4n) is 3.03. The van der Waals surface area contributed by atoms with E-state index in [0.717, 1.165) is 39.1 Å². The molecule has 0 spiro atoms. The molecule has 3 heterocycles. The monoisotopic (exact) mass is 239 g/mol. The van der Waals surface area contributed by atoms with Gasteiger partial charge in [-0.05, 0) is 18.8 Å². The van der Waals surface area contributed by atoms with Crippen LogP contribution >= 0.6 is 0 Å². The fourth-order valence-corrected chi connectivity index (χ4v) is 3.03. The molecule has 17 heavy (non-hydrogen) atoms. The van der Waals surface area contributed by atoms with Crippen LogP contribution in [0.2, 0.25) is 0 Å². The van der Waals surface area contributed by atoms with Crippen LogP contribution in [-0.2, 0) is 9.53 Å². The zero-order valence-corrected chi connectivity index (χ0v) is 10.2. The minimum Gasteiger partial charge on any atom is -0.366 e. The van der Waals surface area contributed by atoms with Gasteiger partial charge in [0.1, 0.15) is 6.61 Å². The van der Waals surface area contributed by atoms with Crippen LogP contribution < -0.4 is 10.6 Å². The topological polar surface area (TPSA) is 53.6 Å². The number of hydrogen-bond acceptors (Lipinski definition) is 4. The summed E-state index contributed by atoms with van der Waals surface area (Å²) < 4.78 is 5.57. The maximum atomic E-state index is 12.1. The third kappa shape index (κ3) is 2.32. The lowest BCUT2D eigenvalue weighted by Gasteiger charge is -2.37. The quantitative estimate of drug-likeness (QED) is 0.676. The molecule has 3 fully saturated rings. The molecule has 3 rings (SSSR count). The third-order valence-electron chi connectivity index (χ3n) is 4.19. The van der Waals surface area contributed by atoms with Crippen LogP contribution in [0.1, 0.15) is 12.8 Å². The summed E-state index contributed by atoms with van der Waals surface area (Å²) in [6, 6.07) is 0.416. The van der Waals surface area contributed by atoms with E-state index in [-0.39, 0.29) is 18.6 Å². The van der Waals surface area contributed by atoms with Gasteiger partial charge in [0.25, 0.3) is 0 Å². The zero-order valence-electron chi connectivity index (χ0n) is 10.2. The van der Waals surface area contributed by atoms with E-state index in [1.54, 1.807) is 0 Å². The van der Waals surface area contributed by atoms with Crippen molar-refractivity contribution in [3.8, 4) is 0 Å². The molecule has 0 aromatic rings. The van der Waals surface area contributed by atoms with E-state index in [2.05, 4.69) is 10.6 Å². The number of nitrogens with zero attached hydrogens (tertiary/aromatic N) is 1. The minimum absolute atomic E-state index is 0.176. The molecule has 0 bridgehead atoms. The summed E-state index contributed by atoms with van der Waals surface area (Å²) in [7, 11) is 0. The molecule has 5 heteroatoms. The predicted molar refractivity (Wildman–Crippen MR) is 63.7 cm³/mol. The van der Waals surface area contributed by atoms with E-state index in [1.165, 1.54) is 6.42 Å². The Balaban J connectivity index is 1.52. The number of hydrogen-bond donors (Lipinski definition) is 2. The number of nitrogens with one attached hydrogen (secondary N) is 2. The van der Waals surface area contributed by atoms with Crippen molar-refractivity contribution in [2.45, 2.75) is 25.0 Å². The average Bonchev–Trinajstić information content (AvgIpc) is 2.74. The van der Waals surface area contributed by atoms with Crippen LogP contribution in [-0.4, -0.2) is 62.3 Å². The first-order valence-corrected chi connectivity index (χ1v) is 6.67. The molecule has 3 aliphatic heterocycles. The summed E-state index contributed by atoms with van der Waals surface area (Å²) in [4.78, 5) is 14.2. The van der Waals surface area contributed by atoms with Crippen LogP contribution in [0.15, 0.2) is 0 Å². The summed E-state index contributed by atoms with van der Waals surface area (Å²) in [6.45, 7) is 4.98. The van der Waals surface area contributed by atoms with E-state index in [4.69, 9.17) is 4.74 Å². The van der Waals surface area contributed by atoms with Crippen LogP contribution in [0.25, 0.3) is 0 Å². The summed E-state index contributed by atoms with van der Waals surface area (Å²) >= 11 is 0. The Kier molecular flexibility index (Phi) is 3.31. The smallest absolute Gasteiger partial charge is 0.248 e. The van der Waals surface area contributed by atoms with Crippen molar-refractivity contribution in [3.63, 3.8) is 0 Å².